The van der Waals surface area contributed by atoms with Gasteiger partial charge in [-0.15, -0.1) is 12.4 Å². The van der Waals surface area contributed by atoms with Crippen molar-refractivity contribution in [3.63, 3.8) is 0 Å². The van der Waals surface area contributed by atoms with Gasteiger partial charge < -0.3 is 54.3 Å². The Hall–Kier alpha value is -8.05. The Morgan fingerprint density at radius 1 is 0.684 bits per heavy atom. The molecule has 4 heterocycles. The third kappa shape index (κ3) is 34.8. The predicted octanol–water partition coefficient (Wildman–Crippen LogP) is 7.45. The number of phenols is 2. The van der Waals surface area contributed by atoms with E-state index in [1.807, 2.05) is 14.1 Å². The number of nitrogens with zero attached hydrogens (tertiary/aromatic N) is 8. The van der Waals surface area contributed by atoms with E-state index in [1.54, 1.807) is 89.2 Å². The number of imidazole rings is 2. The third-order valence-electron chi connectivity index (χ3n) is 13.9. The van der Waals surface area contributed by atoms with Crippen LogP contribution in [0.25, 0.3) is 22.5 Å². The standard InChI is InChI=1S/C24H27FN4O3.C16H20N4O2.C8H7FO2.C8H19N.C4H8BO4.C2H4O2.C2H2O2.2CH4.ClH.Na/c1-27(24(31)29-15-22(26-16-29)18-4-6-20(30)7-5-18)19-9-11-28(12-10-19)14-17-3-8-21(25)23(13-17)32-2;1-19(13-6-8-17-9-7-13)16(22)20-10-15(18-11-20)12-2-4-14(21)5-3-12;1-11-8-4-6(5-10)2-3-7(8)9;1-6-9(7(2)3)8(4)5;1-3(6)8-5-9-4(2)7;2*1-2(3)4;;;;/h3-8,13,15-16,19,30H,9-12,14H2,1-2H3;2-5,10-11,13,17,21H,6-9H2,1H3;2-5H,1H3;7-8H,6H2,1-5H3;5H2,1-2H3;1H3,(H,3,4);1H2;2*1H4;1H;/q;;;;-1;;;;;;+1/p+1. The monoisotopic (exact) mass is 1360 g/mol. The molecule has 8 rings (SSSR count). The minimum Gasteiger partial charge on any atom is -0.661 e. The van der Waals surface area contributed by atoms with Crippen LogP contribution in [0.3, 0.4) is 0 Å². The Morgan fingerprint density at radius 3 is 1.41 bits per heavy atom. The van der Waals surface area contributed by atoms with E-state index in [0.717, 1.165) is 88.6 Å². The van der Waals surface area contributed by atoms with Crippen LogP contribution in [0.2, 0.25) is 0 Å². The molecule has 4 aromatic carbocycles. The van der Waals surface area contributed by atoms with Gasteiger partial charge in [0.1, 0.15) is 30.4 Å². The zero-order chi connectivity index (χ0) is 68.3. The maximum atomic E-state index is 13.6. The fourth-order valence-corrected chi connectivity index (χ4v) is 9.17. The maximum Gasteiger partial charge on any atom is 1.00 e. The van der Waals surface area contributed by atoms with E-state index in [1.165, 1.54) is 67.8 Å². The van der Waals surface area contributed by atoms with Crippen LogP contribution in [0.15, 0.2) is 110 Å². The van der Waals surface area contributed by atoms with E-state index >= 15 is 0 Å². The molecule has 0 radical (unpaired) electrons. The van der Waals surface area contributed by atoms with Crippen molar-refractivity contribution in [1.82, 2.24) is 44.0 Å². The summed E-state index contributed by atoms with van der Waals surface area (Å²) in [6, 6.07) is 24.0. The third-order valence-corrected chi connectivity index (χ3v) is 13.9. The normalized spacial score (nSPS) is 12.2. The van der Waals surface area contributed by atoms with Gasteiger partial charge in [0.05, 0.1) is 25.6 Å². The van der Waals surface area contributed by atoms with Gasteiger partial charge in [-0.05, 0) is 157 Å². The molecular weight excluding hydrogens is 1270 g/mol. The van der Waals surface area contributed by atoms with Gasteiger partial charge in [-0.25, -0.2) is 28.3 Å². The maximum absolute atomic E-state index is 13.6. The summed E-state index contributed by atoms with van der Waals surface area (Å²) in [6.07, 6.45) is 10.8. The molecule has 5 N–H and O–H groups in total. The summed E-state index contributed by atoms with van der Waals surface area (Å²) in [4.78, 5) is 90.6. The van der Waals surface area contributed by atoms with Crippen LogP contribution < -0.4 is 44.3 Å². The van der Waals surface area contributed by atoms with Crippen molar-refractivity contribution in [2.75, 3.05) is 61.0 Å². The predicted molar refractivity (Wildman–Crippen MR) is 363 cm³/mol. The molecule has 0 atom stereocenters. The number of ether oxygens (including phenoxy) is 2. The van der Waals surface area contributed by atoms with E-state index in [2.05, 4.69) is 80.7 Å². The van der Waals surface area contributed by atoms with E-state index < -0.39 is 37.4 Å². The van der Waals surface area contributed by atoms with Gasteiger partial charge in [0.2, 0.25) is 0 Å². The summed E-state index contributed by atoms with van der Waals surface area (Å²) in [5, 5.41) is 36.8. The molecule has 2 aromatic heterocycles. The Bertz CT molecular complexity index is 3160. The Balaban J connectivity index is -0.00000117. The summed E-state index contributed by atoms with van der Waals surface area (Å²) in [5.41, 5.74) is 4.51. The number of rotatable bonds is 14. The number of piperidine rings is 2. The molecule has 6 aromatic rings. The molecule has 29 heteroatoms. The molecule has 520 valence electrons. The van der Waals surface area contributed by atoms with Crippen molar-refractivity contribution in [3.8, 4) is 45.5 Å². The quantitative estimate of drug-likeness (QED) is 0.0402. The molecule has 95 heavy (non-hydrogen) atoms. The number of amides is 2. The summed E-state index contributed by atoms with van der Waals surface area (Å²) in [5.74, 6) is -2.79. The van der Waals surface area contributed by atoms with E-state index in [-0.39, 0.29) is 110 Å². The fourth-order valence-electron chi connectivity index (χ4n) is 9.17. The number of methoxy groups -OCH3 is 2. The second kappa shape index (κ2) is 48.6. The van der Waals surface area contributed by atoms with Crippen LogP contribution in [0.5, 0.6) is 23.0 Å². The molecule has 2 saturated heterocycles. The number of carboxylic acid groups (broad SMARTS) is 2. The topological polar surface area (TPSA) is 298 Å². The number of likely N-dealkylation sites (tertiary alicyclic amines) is 1. The molecule has 0 bridgehead atoms. The number of carbonyl (C=O) groups excluding carboxylic acids is 5. The van der Waals surface area contributed by atoms with Gasteiger partial charge in [-0.1, -0.05) is 27.8 Å². The van der Waals surface area contributed by atoms with Crippen LogP contribution in [0.1, 0.15) is 112 Å². The number of halogens is 3. The van der Waals surface area contributed by atoms with Crippen LogP contribution in [0.4, 0.5) is 18.4 Å². The van der Waals surface area contributed by atoms with Gasteiger partial charge in [0, 0.05) is 108 Å². The second-order valence-corrected chi connectivity index (χ2v) is 21.2. The number of phenolic OH excluding ortho intramolecular Hbond substituents is 2. The number of hydrogen-bond donors (Lipinski definition) is 5. The molecular formula is C66H97BClF2N9NaO15+. The number of nitrogens with one attached hydrogen (secondary N) is 1. The van der Waals surface area contributed by atoms with Gasteiger partial charge >= 0.3 is 55.3 Å². The Morgan fingerprint density at radius 2 is 1.06 bits per heavy atom. The number of aromatic hydroxyl groups is 2. The van der Waals surface area contributed by atoms with Crippen molar-refractivity contribution in [3.05, 3.63) is 140 Å². The number of carboxylic acids is 2. The van der Waals surface area contributed by atoms with Crippen molar-refractivity contribution < 1.29 is 111 Å². The van der Waals surface area contributed by atoms with Crippen LogP contribution >= 0.6 is 12.4 Å². The summed E-state index contributed by atoms with van der Waals surface area (Å²) in [6.45, 7) is 22.8. The van der Waals surface area contributed by atoms with Crippen LogP contribution in [-0.2, 0) is 35.0 Å². The van der Waals surface area contributed by atoms with Crippen LogP contribution in [0, 0.1) is 18.6 Å². The van der Waals surface area contributed by atoms with E-state index in [4.69, 9.17) is 24.5 Å². The Labute approximate surface area is 586 Å². The molecule has 0 spiro atoms. The minimum atomic E-state index is -1.27. The molecule has 2 fully saturated rings. The minimum absolute atomic E-state index is 0. The Kier molecular flexibility index (Phi) is 46.7. The number of benzene rings is 4. The zero-order valence-electron chi connectivity index (χ0n) is 55.6. The van der Waals surface area contributed by atoms with Gasteiger partial charge in [0.25, 0.3) is 17.9 Å². The second-order valence-electron chi connectivity index (χ2n) is 21.2. The molecule has 0 aliphatic carbocycles. The molecule has 0 unspecified atom stereocenters. The average Bonchev–Trinajstić information content (AvgIpc) is 1.78. The molecule has 2 aliphatic heterocycles. The largest absolute Gasteiger partial charge is 1.00 e. The SMILES string of the molecule is C.C.CC(=O)O.CC(=O)O[BH2-]OC(C)=O.CCN(C(C)C)C(C)C.CN(C(=O)n1cnc(-c2ccc(O)cc2)c1)C1CCNCC1.COc1cc(C=O)ccc1F.COc1cc(CN2CCC(N(C)C(=O)n3cnc(-c4ccc(O)cc4)c3)CC2)ccc1F.Cl.[CH2+]C(=O)O.[Na+]. The van der Waals surface area contributed by atoms with E-state index in [0.29, 0.717) is 35.3 Å². The average molecular weight is 1360 g/mol. The first-order valence-corrected chi connectivity index (χ1v) is 29.3. The number of aliphatic carboxylic acids is 2. The molecule has 2 aliphatic rings. The summed E-state index contributed by atoms with van der Waals surface area (Å²) >= 11 is 0. The van der Waals surface area contributed by atoms with Crippen molar-refractivity contribution >= 4 is 62.3 Å². The van der Waals surface area contributed by atoms with E-state index in [9.17, 15) is 43.0 Å². The van der Waals surface area contributed by atoms with Crippen molar-refractivity contribution in [1.29, 1.82) is 0 Å². The molecule has 24 nitrogen and oxygen atoms in total. The first-order valence-electron chi connectivity index (χ1n) is 29.3. The summed E-state index contributed by atoms with van der Waals surface area (Å²) in [7, 11) is 5.22. The number of hydrogen-bond acceptors (Lipinski definition) is 18. The smallest absolute Gasteiger partial charge is 0.661 e. The first kappa shape index (κ1) is 91.1. The molecule has 2 amide bonds. The fraction of sp³-hybridized carbons (Fsp3) is 0.424. The number of aromatic nitrogens is 4. The molecule has 0 saturated carbocycles. The first-order chi connectivity index (χ1) is 43.0. The summed E-state index contributed by atoms with van der Waals surface area (Å²) < 4.78 is 47.8. The number of aldehydes is 1. The van der Waals surface area contributed by atoms with Crippen molar-refractivity contribution in [2.45, 2.75) is 127 Å². The zero-order valence-corrected chi connectivity index (χ0v) is 58.4. The van der Waals surface area contributed by atoms with Crippen LogP contribution in [-0.4, -0.2) is 194 Å². The van der Waals surface area contributed by atoms with Crippen molar-refractivity contribution in [2.24, 2.45) is 0 Å². The van der Waals surface area contributed by atoms with Gasteiger partial charge in [-0.3, -0.25) is 38.1 Å². The van der Waals surface area contributed by atoms with Gasteiger partial charge in [0.15, 0.2) is 30.1 Å². The number of carbonyl (C=O) groups is 7. The van der Waals surface area contributed by atoms with Gasteiger partial charge in [-0.2, -0.15) is 4.79 Å².